The van der Waals surface area contributed by atoms with Crippen molar-refractivity contribution >= 4 is 17.7 Å². The average molecular weight is 306 g/mol. The highest BCUT2D eigenvalue weighted by molar-refractivity contribution is 8.00. The molecular weight excluding hydrogens is 288 g/mol. The summed E-state index contributed by atoms with van der Waals surface area (Å²) in [5.74, 6) is 1.44. The largest absolute Gasteiger partial charge is 0.497 e. The van der Waals surface area contributed by atoms with Gasteiger partial charge in [0.2, 0.25) is 11.1 Å². The summed E-state index contributed by atoms with van der Waals surface area (Å²) >= 11 is 1.32. The predicted molar refractivity (Wildman–Crippen MR) is 82.4 cm³/mol. The summed E-state index contributed by atoms with van der Waals surface area (Å²) < 4.78 is 5.12. The fourth-order valence-electron chi connectivity index (χ4n) is 1.71. The Balaban J connectivity index is 2.05. The van der Waals surface area contributed by atoms with Gasteiger partial charge in [0.25, 0.3) is 0 Å². The zero-order valence-electron chi connectivity index (χ0n) is 12.2. The van der Waals surface area contributed by atoms with Crippen LogP contribution < -0.4 is 10.1 Å². The molecule has 0 aliphatic rings. The molecule has 1 aromatic carbocycles. The Labute approximate surface area is 127 Å². The number of methoxy groups -OCH3 is 1. The van der Waals surface area contributed by atoms with Crippen LogP contribution in [-0.4, -0.2) is 40.0 Å². The molecule has 0 aliphatic heterocycles. The van der Waals surface area contributed by atoms with Gasteiger partial charge in [-0.1, -0.05) is 11.8 Å². The van der Waals surface area contributed by atoms with Gasteiger partial charge >= 0.3 is 0 Å². The first-order valence-corrected chi connectivity index (χ1v) is 7.53. The smallest absolute Gasteiger partial charge is 0.233 e. The van der Waals surface area contributed by atoms with Gasteiger partial charge in [0, 0.05) is 12.1 Å². The molecule has 2 aromatic rings. The first kappa shape index (κ1) is 15.4. The van der Waals surface area contributed by atoms with E-state index in [2.05, 4.69) is 20.5 Å². The van der Waals surface area contributed by atoms with Crippen molar-refractivity contribution in [2.75, 3.05) is 13.7 Å². The van der Waals surface area contributed by atoms with Crippen molar-refractivity contribution in [1.82, 2.24) is 20.5 Å². The molecule has 0 unspecified atom stereocenters. The fraction of sp³-hybridized carbons (Fsp3) is 0.357. The predicted octanol–water partition coefficient (Wildman–Crippen LogP) is 2.10. The van der Waals surface area contributed by atoms with Gasteiger partial charge in [-0.15, -0.1) is 5.10 Å². The van der Waals surface area contributed by atoms with Crippen LogP contribution >= 0.6 is 11.8 Å². The number of hydrogen-bond acceptors (Lipinski definition) is 5. The molecule has 1 aromatic heterocycles. The minimum absolute atomic E-state index is 0.0155. The standard InChI is InChI=1S/C14H18N4O2S/c1-4-15-13(19)9(2)21-14-16-12(17-18-14)10-5-7-11(20-3)8-6-10/h5-9H,4H2,1-3H3,(H,15,19)(H,16,17,18)/t9-/m0/s1. The highest BCUT2D eigenvalue weighted by atomic mass is 32.2. The van der Waals surface area contributed by atoms with Crippen molar-refractivity contribution in [2.45, 2.75) is 24.3 Å². The lowest BCUT2D eigenvalue weighted by atomic mass is 10.2. The SMILES string of the molecule is CCNC(=O)[C@H](C)Sc1n[nH]c(-c2ccc(OC)cc2)n1. The second-order valence-corrected chi connectivity index (χ2v) is 5.66. The Morgan fingerprint density at radius 2 is 2.14 bits per heavy atom. The highest BCUT2D eigenvalue weighted by Crippen LogP contribution is 2.23. The quantitative estimate of drug-likeness (QED) is 0.799. The van der Waals surface area contributed by atoms with Gasteiger partial charge in [0.1, 0.15) is 5.75 Å². The third kappa shape index (κ3) is 3.98. The van der Waals surface area contributed by atoms with E-state index < -0.39 is 0 Å². The van der Waals surface area contributed by atoms with Crippen molar-refractivity contribution in [3.05, 3.63) is 24.3 Å². The zero-order valence-corrected chi connectivity index (χ0v) is 13.0. The lowest BCUT2D eigenvalue weighted by Crippen LogP contribution is -2.30. The molecule has 1 amide bonds. The molecule has 1 heterocycles. The molecule has 6 nitrogen and oxygen atoms in total. The van der Waals surface area contributed by atoms with Gasteiger partial charge in [-0.2, -0.15) is 0 Å². The van der Waals surface area contributed by atoms with E-state index in [1.807, 2.05) is 38.1 Å². The minimum atomic E-state index is -0.232. The number of rotatable bonds is 6. The zero-order chi connectivity index (χ0) is 15.2. The number of benzene rings is 1. The van der Waals surface area contributed by atoms with Gasteiger partial charge in [-0.05, 0) is 38.1 Å². The molecule has 112 valence electrons. The van der Waals surface area contributed by atoms with E-state index >= 15 is 0 Å². The Hall–Kier alpha value is -2.02. The third-order valence-electron chi connectivity index (χ3n) is 2.83. The summed E-state index contributed by atoms with van der Waals surface area (Å²) in [6.07, 6.45) is 0. The van der Waals surface area contributed by atoms with Crippen molar-refractivity contribution in [2.24, 2.45) is 0 Å². The molecule has 0 saturated carbocycles. The van der Waals surface area contributed by atoms with Gasteiger partial charge in [0.05, 0.1) is 12.4 Å². The van der Waals surface area contributed by atoms with Crippen LogP contribution in [0.5, 0.6) is 5.75 Å². The number of H-pyrrole nitrogens is 1. The topological polar surface area (TPSA) is 79.9 Å². The average Bonchev–Trinajstić information content (AvgIpc) is 2.96. The summed E-state index contributed by atoms with van der Waals surface area (Å²) in [5.41, 5.74) is 0.917. The van der Waals surface area contributed by atoms with E-state index in [0.29, 0.717) is 17.5 Å². The number of aromatic amines is 1. The van der Waals surface area contributed by atoms with Gasteiger partial charge in [-0.3, -0.25) is 9.89 Å². The van der Waals surface area contributed by atoms with Crippen molar-refractivity contribution < 1.29 is 9.53 Å². The highest BCUT2D eigenvalue weighted by Gasteiger charge is 2.16. The molecule has 21 heavy (non-hydrogen) atoms. The number of nitrogens with zero attached hydrogens (tertiary/aromatic N) is 2. The summed E-state index contributed by atoms with van der Waals surface area (Å²) in [4.78, 5) is 16.1. The van der Waals surface area contributed by atoms with Crippen LogP contribution in [0.4, 0.5) is 0 Å². The molecule has 2 rings (SSSR count). The molecule has 0 fully saturated rings. The van der Waals surface area contributed by atoms with E-state index in [-0.39, 0.29) is 11.2 Å². The second kappa shape index (κ2) is 7.12. The maximum Gasteiger partial charge on any atom is 0.233 e. The molecule has 2 N–H and O–H groups in total. The van der Waals surface area contributed by atoms with Crippen LogP contribution in [0.2, 0.25) is 0 Å². The third-order valence-corrected chi connectivity index (χ3v) is 3.79. The summed E-state index contributed by atoms with van der Waals surface area (Å²) in [6.45, 7) is 4.35. The van der Waals surface area contributed by atoms with E-state index in [9.17, 15) is 4.79 Å². The number of nitrogens with one attached hydrogen (secondary N) is 2. The van der Waals surface area contributed by atoms with Crippen molar-refractivity contribution in [1.29, 1.82) is 0 Å². The first-order valence-electron chi connectivity index (χ1n) is 6.65. The number of carbonyl (C=O) groups is 1. The van der Waals surface area contributed by atoms with Crippen LogP contribution in [0.25, 0.3) is 11.4 Å². The summed E-state index contributed by atoms with van der Waals surface area (Å²) in [6, 6.07) is 7.53. The lowest BCUT2D eigenvalue weighted by molar-refractivity contribution is -0.120. The molecule has 0 radical (unpaired) electrons. The Kier molecular flexibility index (Phi) is 5.21. The molecule has 0 aliphatic carbocycles. The number of ether oxygens (including phenoxy) is 1. The molecule has 0 spiro atoms. The van der Waals surface area contributed by atoms with Crippen LogP contribution in [0.1, 0.15) is 13.8 Å². The number of amides is 1. The number of hydrogen-bond donors (Lipinski definition) is 2. The van der Waals surface area contributed by atoms with E-state index in [1.165, 1.54) is 11.8 Å². The first-order chi connectivity index (χ1) is 10.1. The second-order valence-electron chi connectivity index (χ2n) is 4.35. The monoisotopic (exact) mass is 306 g/mol. The summed E-state index contributed by atoms with van der Waals surface area (Å²) in [7, 11) is 1.63. The lowest BCUT2D eigenvalue weighted by Gasteiger charge is -2.07. The van der Waals surface area contributed by atoms with Crippen molar-refractivity contribution in [3.8, 4) is 17.1 Å². The Bertz CT molecular complexity index is 597. The van der Waals surface area contributed by atoms with E-state index in [0.717, 1.165) is 11.3 Å². The van der Waals surface area contributed by atoms with Gasteiger partial charge in [0.15, 0.2) is 5.82 Å². The normalized spacial score (nSPS) is 12.0. The van der Waals surface area contributed by atoms with Crippen LogP contribution in [0.15, 0.2) is 29.4 Å². The minimum Gasteiger partial charge on any atom is -0.497 e. The van der Waals surface area contributed by atoms with Crippen LogP contribution in [0.3, 0.4) is 0 Å². The molecule has 7 heteroatoms. The summed E-state index contributed by atoms with van der Waals surface area (Å²) in [5, 5.41) is 10.1. The fourth-order valence-corrected chi connectivity index (χ4v) is 2.46. The molecular formula is C14H18N4O2S. The molecule has 0 bridgehead atoms. The number of thioether (sulfide) groups is 1. The van der Waals surface area contributed by atoms with E-state index in [1.54, 1.807) is 7.11 Å². The number of aromatic nitrogens is 3. The van der Waals surface area contributed by atoms with Crippen LogP contribution in [0, 0.1) is 0 Å². The number of carbonyl (C=O) groups excluding carboxylic acids is 1. The molecule has 0 saturated heterocycles. The maximum absolute atomic E-state index is 11.7. The van der Waals surface area contributed by atoms with Crippen molar-refractivity contribution in [3.63, 3.8) is 0 Å². The van der Waals surface area contributed by atoms with Gasteiger partial charge in [-0.25, -0.2) is 4.98 Å². The molecule has 1 atom stereocenters. The maximum atomic E-state index is 11.7. The van der Waals surface area contributed by atoms with Gasteiger partial charge < -0.3 is 10.1 Å². The Morgan fingerprint density at radius 1 is 1.43 bits per heavy atom. The van der Waals surface area contributed by atoms with Crippen LogP contribution in [-0.2, 0) is 4.79 Å². The Morgan fingerprint density at radius 3 is 2.76 bits per heavy atom. The van der Waals surface area contributed by atoms with E-state index in [4.69, 9.17) is 4.74 Å².